The van der Waals surface area contributed by atoms with E-state index in [4.69, 9.17) is 10.5 Å². The van der Waals surface area contributed by atoms with Gasteiger partial charge >= 0.3 is 0 Å². The highest BCUT2D eigenvalue weighted by Crippen LogP contribution is 2.31. The summed E-state index contributed by atoms with van der Waals surface area (Å²) in [4.78, 5) is 16.5. The van der Waals surface area contributed by atoms with E-state index in [1.54, 1.807) is 13.2 Å². The summed E-state index contributed by atoms with van der Waals surface area (Å²) in [6.07, 6.45) is 0. The van der Waals surface area contributed by atoms with Crippen molar-refractivity contribution >= 4 is 16.8 Å². The first-order valence-electron chi connectivity index (χ1n) is 6.95. The van der Waals surface area contributed by atoms with Crippen molar-refractivity contribution in [1.29, 1.82) is 0 Å². The van der Waals surface area contributed by atoms with Crippen LogP contribution in [0.15, 0.2) is 48.5 Å². The summed E-state index contributed by atoms with van der Waals surface area (Å²) >= 11 is 0. The molecule has 0 spiro atoms. The van der Waals surface area contributed by atoms with Gasteiger partial charge in [-0.05, 0) is 37.3 Å². The van der Waals surface area contributed by atoms with E-state index in [2.05, 4.69) is 4.98 Å². The van der Waals surface area contributed by atoms with Crippen molar-refractivity contribution in [2.24, 2.45) is 5.73 Å². The number of carbonyl (C=O) groups excluding carboxylic acids is 1. The molecule has 2 aromatic carbocycles. The third kappa shape index (κ3) is 2.39. The molecular formula is C18H16N2O2. The van der Waals surface area contributed by atoms with Gasteiger partial charge in [0.25, 0.3) is 0 Å². The molecule has 2 N–H and O–H groups in total. The Labute approximate surface area is 128 Å². The van der Waals surface area contributed by atoms with Crippen LogP contribution in [0.3, 0.4) is 0 Å². The molecule has 1 heterocycles. The molecule has 4 nitrogen and oxygen atoms in total. The number of nitrogens with zero attached hydrogens (tertiary/aromatic N) is 1. The second kappa shape index (κ2) is 5.48. The van der Waals surface area contributed by atoms with Crippen LogP contribution in [0.2, 0.25) is 0 Å². The zero-order valence-corrected chi connectivity index (χ0v) is 12.5. The maximum absolute atomic E-state index is 11.8. The fourth-order valence-corrected chi connectivity index (χ4v) is 2.54. The topological polar surface area (TPSA) is 65.2 Å². The van der Waals surface area contributed by atoms with Gasteiger partial charge < -0.3 is 10.5 Å². The number of rotatable bonds is 3. The normalized spacial score (nSPS) is 10.6. The van der Waals surface area contributed by atoms with Crippen LogP contribution in [0.4, 0.5) is 0 Å². The van der Waals surface area contributed by atoms with Gasteiger partial charge in [0.15, 0.2) is 0 Å². The molecule has 4 heteroatoms. The molecule has 110 valence electrons. The molecule has 0 aliphatic rings. The summed E-state index contributed by atoms with van der Waals surface area (Å²) in [5, 5.41) is 0.770. The standard InChI is InChI=1S/C18H16N2O2/c1-11-7-8-15-13(9-11)14(18(19)21)10-16(20-15)12-5-3-4-6-17(12)22-2/h3-10H,1-2H3,(H2,19,21). The number of amides is 1. The van der Waals surface area contributed by atoms with Gasteiger partial charge in [-0.3, -0.25) is 4.79 Å². The summed E-state index contributed by atoms with van der Waals surface area (Å²) < 4.78 is 5.38. The van der Waals surface area contributed by atoms with E-state index in [1.807, 2.05) is 49.4 Å². The van der Waals surface area contributed by atoms with Crippen LogP contribution in [0.25, 0.3) is 22.2 Å². The molecule has 0 saturated heterocycles. The zero-order chi connectivity index (χ0) is 15.7. The Balaban J connectivity index is 2.32. The summed E-state index contributed by atoms with van der Waals surface area (Å²) in [5.41, 5.74) is 9.31. The highest BCUT2D eigenvalue weighted by atomic mass is 16.5. The van der Waals surface area contributed by atoms with Crippen molar-refractivity contribution < 1.29 is 9.53 Å². The third-order valence-corrected chi connectivity index (χ3v) is 3.61. The fraction of sp³-hybridized carbons (Fsp3) is 0.111. The number of pyridine rings is 1. The lowest BCUT2D eigenvalue weighted by Gasteiger charge is -2.11. The van der Waals surface area contributed by atoms with Gasteiger partial charge in [0, 0.05) is 10.9 Å². The van der Waals surface area contributed by atoms with E-state index < -0.39 is 5.91 Å². The number of para-hydroxylation sites is 1. The Hall–Kier alpha value is -2.88. The number of nitrogens with two attached hydrogens (primary N) is 1. The number of hydrogen-bond acceptors (Lipinski definition) is 3. The lowest BCUT2D eigenvalue weighted by Crippen LogP contribution is -2.12. The molecule has 22 heavy (non-hydrogen) atoms. The summed E-state index contributed by atoms with van der Waals surface area (Å²) in [6.45, 7) is 1.97. The first kappa shape index (κ1) is 14.1. The van der Waals surface area contributed by atoms with Crippen molar-refractivity contribution in [2.45, 2.75) is 6.92 Å². The summed E-state index contributed by atoms with van der Waals surface area (Å²) in [7, 11) is 1.61. The van der Waals surface area contributed by atoms with Gasteiger partial charge in [-0.1, -0.05) is 23.8 Å². The Morgan fingerprint density at radius 1 is 1.14 bits per heavy atom. The number of fused-ring (bicyclic) bond motifs is 1. The zero-order valence-electron chi connectivity index (χ0n) is 12.5. The number of benzene rings is 2. The lowest BCUT2D eigenvalue weighted by molar-refractivity contribution is 0.100. The lowest BCUT2D eigenvalue weighted by atomic mass is 10.0. The number of aromatic nitrogens is 1. The first-order chi connectivity index (χ1) is 10.6. The SMILES string of the molecule is COc1ccccc1-c1cc(C(N)=O)c2cc(C)ccc2n1. The molecule has 0 fully saturated rings. The van der Waals surface area contributed by atoms with E-state index >= 15 is 0 Å². The highest BCUT2D eigenvalue weighted by Gasteiger charge is 2.14. The van der Waals surface area contributed by atoms with Gasteiger partial charge in [0.2, 0.25) is 5.91 Å². The van der Waals surface area contributed by atoms with Crippen LogP contribution >= 0.6 is 0 Å². The maximum atomic E-state index is 11.8. The molecule has 3 rings (SSSR count). The Bertz CT molecular complexity index is 872. The Morgan fingerprint density at radius 3 is 2.64 bits per heavy atom. The number of aryl methyl sites for hydroxylation is 1. The molecule has 0 atom stereocenters. The molecule has 0 bridgehead atoms. The second-order valence-corrected chi connectivity index (χ2v) is 5.14. The third-order valence-electron chi connectivity index (χ3n) is 3.61. The largest absolute Gasteiger partial charge is 0.496 e. The molecule has 0 radical (unpaired) electrons. The van der Waals surface area contributed by atoms with Gasteiger partial charge in [-0.2, -0.15) is 0 Å². The number of carbonyl (C=O) groups is 1. The minimum Gasteiger partial charge on any atom is -0.496 e. The van der Waals surface area contributed by atoms with Crippen molar-refractivity contribution in [3.05, 3.63) is 59.7 Å². The van der Waals surface area contributed by atoms with Crippen LogP contribution in [0.1, 0.15) is 15.9 Å². The van der Waals surface area contributed by atoms with Crippen LogP contribution in [0.5, 0.6) is 5.75 Å². The predicted octanol–water partition coefficient (Wildman–Crippen LogP) is 3.32. The van der Waals surface area contributed by atoms with Crippen molar-refractivity contribution in [1.82, 2.24) is 4.98 Å². The minimum absolute atomic E-state index is 0.464. The van der Waals surface area contributed by atoms with Crippen molar-refractivity contribution in [2.75, 3.05) is 7.11 Å². The van der Waals surface area contributed by atoms with Crippen LogP contribution in [-0.2, 0) is 0 Å². The van der Waals surface area contributed by atoms with Crippen LogP contribution in [-0.4, -0.2) is 18.0 Å². The number of hydrogen-bond donors (Lipinski definition) is 1. The maximum Gasteiger partial charge on any atom is 0.249 e. The van der Waals surface area contributed by atoms with Gasteiger partial charge in [-0.25, -0.2) is 4.98 Å². The van der Waals surface area contributed by atoms with E-state index in [0.717, 1.165) is 22.0 Å². The van der Waals surface area contributed by atoms with E-state index in [-0.39, 0.29) is 0 Å². The molecule has 1 amide bonds. The van der Waals surface area contributed by atoms with Crippen molar-refractivity contribution in [3.63, 3.8) is 0 Å². The molecule has 0 unspecified atom stereocenters. The average Bonchev–Trinajstić information content (AvgIpc) is 2.53. The van der Waals surface area contributed by atoms with Crippen LogP contribution in [0, 0.1) is 6.92 Å². The number of primary amides is 1. The van der Waals surface area contributed by atoms with E-state index in [9.17, 15) is 4.79 Å². The highest BCUT2D eigenvalue weighted by molar-refractivity contribution is 6.06. The smallest absolute Gasteiger partial charge is 0.249 e. The number of ether oxygens (including phenoxy) is 1. The monoisotopic (exact) mass is 292 g/mol. The minimum atomic E-state index is -0.464. The second-order valence-electron chi connectivity index (χ2n) is 5.14. The molecular weight excluding hydrogens is 276 g/mol. The molecule has 0 aliphatic carbocycles. The number of methoxy groups -OCH3 is 1. The quantitative estimate of drug-likeness (QED) is 0.805. The van der Waals surface area contributed by atoms with Crippen molar-refractivity contribution in [3.8, 4) is 17.0 Å². The molecule has 0 saturated carbocycles. The Kier molecular flexibility index (Phi) is 3.51. The van der Waals surface area contributed by atoms with Crippen LogP contribution < -0.4 is 10.5 Å². The van der Waals surface area contributed by atoms with E-state index in [1.165, 1.54) is 0 Å². The predicted molar refractivity (Wildman–Crippen MR) is 87.0 cm³/mol. The van der Waals surface area contributed by atoms with Gasteiger partial charge in [0.05, 0.1) is 23.9 Å². The first-order valence-corrected chi connectivity index (χ1v) is 6.95. The molecule has 1 aromatic heterocycles. The van der Waals surface area contributed by atoms with Gasteiger partial charge in [0.1, 0.15) is 5.75 Å². The molecule has 3 aromatic rings. The Morgan fingerprint density at radius 2 is 1.91 bits per heavy atom. The van der Waals surface area contributed by atoms with Gasteiger partial charge in [-0.15, -0.1) is 0 Å². The summed E-state index contributed by atoms with van der Waals surface area (Å²) in [6, 6.07) is 15.1. The van der Waals surface area contributed by atoms with E-state index in [0.29, 0.717) is 17.0 Å². The fourth-order valence-electron chi connectivity index (χ4n) is 2.54. The summed E-state index contributed by atoms with van der Waals surface area (Å²) in [5.74, 6) is 0.242. The average molecular weight is 292 g/mol. The molecule has 0 aliphatic heterocycles.